The summed E-state index contributed by atoms with van der Waals surface area (Å²) in [6, 6.07) is 7.71. The average molecular weight is 302 g/mol. The van der Waals surface area contributed by atoms with Crippen LogP contribution in [0.1, 0.15) is 37.7 Å². The van der Waals surface area contributed by atoms with Crippen molar-refractivity contribution >= 4 is 0 Å². The van der Waals surface area contributed by atoms with Gasteiger partial charge in [-0.2, -0.15) is 0 Å². The summed E-state index contributed by atoms with van der Waals surface area (Å²) in [5, 5.41) is 7.49. The van der Waals surface area contributed by atoms with Gasteiger partial charge in [-0.25, -0.2) is 0 Å². The van der Waals surface area contributed by atoms with Gasteiger partial charge in [0.05, 0.1) is 0 Å². The molecule has 1 aromatic rings. The van der Waals surface area contributed by atoms with Crippen LogP contribution < -0.4 is 20.1 Å². The first-order valence-electron chi connectivity index (χ1n) is 8.75. The van der Waals surface area contributed by atoms with Crippen molar-refractivity contribution < 1.29 is 9.47 Å². The van der Waals surface area contributed by atoms with E-state index in [0.29, 0.717) is 19.3 Å². The van der Waals surface area contributed by atoms with Crippen molar-refractivity contribution in [2.75, 3.05) is 19.8 Å². The van der Waals surface area contributed by atoms with Crippen LogP contribution in [0.15, 0.2) is 18.2 Å². The van der Waals surface area contributed by atoms with Crippen LogP contribution in [-0.2, 0) is 6.54 Å². The third kappa shape index (κ3) is 2.95. The molecule has 3 unspecified atom stereocenters. The number of ether oxygens (including phenoxy) is 2. The normalized spacial score (nSPS) is 30.6. The molecule has 0 radical (unpaired) electrons. The average Bonchev–Trinajstić information content (AvgIpc) is 3.23. The van der Waals surface area contributed by atoms with Crippen molar-refractivity contribution in [2.24, 2.45) is 5.92 Å². The van der Waals surface area contributed by atoms with E-state index >= 15 is 0 Å². The van der Waals surface area contributed by atoms with Gasteiger partial charge < -0.3 is 20.1 Å². The van der Waals surface area contributed by atoms with Gasteiger partial charge in [0.2, 0.25) is 0 Å². The molecule has 4 rings (SSSR count). The minimum atomic E-state index is 0.655. The Morgan fingerprint density at radius 1 is 1.05 bits per heavy atom. The predicted molar refractivity (Wildman–Crippen MR) is 86.4 cm³/mol. The number of fused-ring (bicyclic) bond motifs is 1. The first kappa shape index (κ1) is 14.3. The lowest BCUT2D eigenvalue weighted by Crippen LogP contribution is -2.41. The van der Waals surface area contributed by atoms with E-state index in [-0.39, 0.29) is 0 Å². The van der Waals surface area contributed by atoms with Gasteiger partial charge in [-0.05, 0) is 55.8 Å². The lowest BCUT2D eigenvalue weighted by molar-refractivity contribution is 0.171. The Bertz CT molecular complexity index is 514. The molecule has 3 atom stereocenters. The lowest BCUT2D eigenvalue weighted by Gasteiger charge is -2.27. The minimum Gasteiger partial charge on any atom is -0.486 e. The quantitative estimate of drug-likeness (QED) is 0.896. The van der Waals surface area contributed by atoms with Gasteiger partial charge in [0.15, 0.2) is 11.5 Å². The van der Waals surface area contributed by atoms with Crippen molar-refractivity contribution in [3.05, 3.63) is 23.8 Å². The number of hydrogen-bond acceptors (Lipinski definition) is 4. The summed E-state index contributed by atoms with van der Waals surface area (Å²) in [5.74, 6) is 2.58. The van der Waals surface area contributed by atoms with Crippen LogP contribution in [0.4, 0.5) is 0 Å². The number of rotatable bonds is 4. The van der Waals surface area contributed by atoms with E-state index in [9.17, 15) is 0 Å². The fourth-order valence-corrected chi connectivity index (χ4v) is 4.25. The number of benzene rings is 1. The molecule has 3 aliphatic rings. The molecule has 0 bridgehead atoms. The molecular formula is C18H26N2O2. The molecule has 0 amide bonds. The van der Waals surface area contributed by atoms with Crippen LogP contribution in [0.2, 0.25) is 0 Å². The molecule has 120 valence electrons. The Hall–Kier alpha value is -1.26. The Morgan fingerprint density at radius 3 is 2.82 bits per heavy atom. The van der Waals surface area contributed by atoms with Crippen molar-refractivity contribution in [1.29, 1.82) is 0 Å². The van der Waals surface area contributed by atoms with Crippen molar-refractivity contribution in [3.63, 3.8) is 0 Å². The SMILES string of the molecule is c1cc2c(cc1CNC1CCCC1C1CCCN1)OCCO2. The van der Waals surface area contributed by atoms with Crippen LogP contribution in [0.5, 0.6) is 11.5 Å². The molecule has 1 aliphatic carbocycles. The fourth-order valence-electron chi connectivity index (χ4n) is 4.25. The van der Waals surface area contributed by atoms with E-state index in [2.05, 4.69) is 22.8 Å². The summed E-state index contributed by atoms with van der Waals surface area (Å²) in [4.78, 5) is 0. The van der Waals surface area contributed by atoms with Gasteiger partial charge >= 0.3 is 0 Å². The maximum atomic E-state index is 5.68. The summed E-state index contributed by atoms with van der Waals surface area (Å²) < 4.78 is 11.3. The van der Waals surface area contributed by atoms with Crippen LogP contribution >= 0.6 is 0 Å². The second-order valence-corrected chi connectivity index (χ2v) is 6.76. The number of hydrogen-bond donors (Lipinski definition) is 2. The van der Waals surface area contributed by atoms with Gasteiger partial charge in [0, 0.05) is 18.6 Å². The largest absolute Gasteiger partial charge is 0.486 e. The van der Waals surface area contributed by atoms with Gasteiger partial charge in [0.25, 0.3) is 0 Å². The van der Waals surface area contributed by atoms with E-state index in [4.69, 9.17) is 9.47 Å². The van der Waals surface area contributed by atoms with E-state index in [0.717, 1.165) is 30.0 Å². The molecule has 0 spiro atoms. The maximum absolute atomic E-state index is 5.68. The summed E-state index contributed by atoms with van der Waals surface area (Å²) in [6.07, 6.45) is 6.74. The second-order valence-electron chi connectivity index (χ2n) is 6.76. The van der Waals surface area contributed by atoms with Crippen LogP contribution in [0.25, 0.3) is 0 Å². The summed E-state index contributed by atoms with van der Waals surface area (Å²) in [5.41, 5.74) is 1.29. The maximum Gasteiger partial charge on any atom is 0.161 e. The highest BCUT2D eigenvalue weighted by atomic mass is 16.6. The zero-order valence-corrected chi connectivity index (χ0v) is 13.1. The van der Waals surface area contributed by atoms with E-state index in [1.54, 1.807) is 0 Å². The van der Waals surface area contributed by atoms with E-state index < -0.39 is 0 Å². The third-order valence-corrected chi connectivity index (χ3v) is 5.36. The van der Waals surface area contributed by atoms with Crippen molar-refractivity contribution in [1.82, 2.24) is 10.6 Å². The molecule has 1 aromatic carbocycles. The molecular weight excluding hydrogens is 276 g/mol. The lowest BCUT2D eigenvalue weighted by atomic mass is 9.93. The molecule has 0 aromatic heterocycles. The first-order valence-corrected chi connectivity index (χ1v) is 8.75. The molecule has 2 fully saturated rings. The zero-order valence-electron chi connectivity index (χ0n) is 13.1. The highest BCUT2D eigenvalue weighted by Gasteiger charge is 2.34. The minimum absolute atomic E-state index is 0.655. The molecule has 4 nitrogen and oxygen atoms in total. The number of nitrogens with one attached hydrogen (secondary N) is 2. The van der Waals surface area contributed by atoms with Crippen molar-refractivity contribution in [2.45, 2.75) is 50.7 Å². The highest BCUT2D eigenvalue weighted by Crippen LogP contribution is 2.33. The summed E-state index contributed by atoms with van der Waals surface area (Å²) in [7, 11) is 0. The van der Waals surface area contributed by atoms with Gasteiger partial charge in [-0.15, -0.1) is 0 Å². The molecule has 1 saturated heterocycles. The monoisotopic (exact) mass is 302 g/mol. The van der Waals surface area contributed by atoms with Gasteiger partial charge in [-0.3, -0.25) is 0 Å². The fraction of sp³-hybridized carbons (Fsp3) is 0.667. The first-order chi connectivity index (χ1) is 10.9. The molecule has 1 saturated carbocycles. The standard InChI is InChI=1S/C18H26N2O2/c1-3-14(15-5-2-8-19-15)16(4-1)20-12-13-6-7-17-18(11-13)22-10-9-21-17/h6-7,11,14-16,19-20H,1-5,8-10,12H2. The van der Waals surface area contributed by atoms with Crippen LogP contribution in [0.3, 0.4) is 0 Å². The Balaban J connectivity index is 1.37. The molecule has 22 heavy (non-hydrogen) atoms. The Kier molecular flexibility index (Phi) is 4.22. The Morgan fingerprint density at radius 2 is 1.95 bits per heavy atom. The second kappa shape index (κ2) is 6.47. The molecule has 2 heterocycles. The Labute approximate surface area is 132 Å². The smallest absolute Gasteiger partial charge is 0.161 e. The molecule has 2 aliphatic heterocycles. The highest BCUT2D eigenvalue weighted by molar-refractivity contribution is 5.43. The topological polar surface area (TPSA) is 42.5 Å². The van der Waals surface area contributed by atoms with Crippen molar-refractivity contribution in [3.8, 4) is 11.5 Å². The van der Waals surface area contributed by atoms with Crippen LogP contribution in [0, 0.1) is 5.92 Å². The molecule has 4 heteroatoms. The van der Waals surface area contributed by atoms with Gasteiger partial charge in [-0.1, -0.05) is 12.5 Å². The summed E-state index contributed by atoms with van der Waals surface area (Å²) >= 11 is 0. The van der Waals surface area contributed by atoms with E-state index in [1.807, 2.05) is 6.07 Å². The zero-order chi connectivity index (χ0) is 14.8. The van der Waals surface area contributed by atoms with E-state index in [1.165, 1.54) is 44.2 Å². The summed E-state index contributed by atoms with van der Waals surface area (Å²) in [6.45, 7) is 3.44. The molecule has 2 N–H and O–H groups in total. The predicted octanol–water partition coefficient (Wildman–Crippen LogP) is 2.47. The van der Waals surface area contributed by atoms with Gasteiger partial charge in [0.1, 0.15) is 13.2 Å². The third-order valence-electron chi connectivity index (χ3n) is 5.36. The van der Waals surface area contributed by atoms with Crippen LogP contribution in [-0.4, -0.2) is 31.8 Å².